The zero-order chi connectivity index (χ0) is 15.2. The van der Waals surface area contributed by atoms with Crippen molar-refractivity contribution in [2.24, 2.45) is 0 Å². The largest absolute Gasteiger partial charge is 0.407 e. The molecule has 1 aromatic rings. The second kappa shape index (κ2) is 7.62. The Balaban J connectivity index is 2.61. The maximum absolute atomic E-state index is 5.77. The molecule has 1 rings (SSSR count). The SMILES string of the molecule is CCCCCN(c1nnc(CNC(C)(C)C)o1)C(C)C. The van der Waals surface area contributed by atoms with Crippen LogP contribution in [-0.4, -0.2) is 28.3 Å². The topological polar surface area (TPSA) is 54.2 Å². The molecule has 0 unspecified atom stereocenters. The quantitative estimate of drug-likeness (QED) is 0.741. The van der Waals surface area contributed by atoms with Crippen molar-refractivity contribution in [3.8, 4) is 0 Å². The van der Waals surface area contributed by atoms with Gasteiger partial charge in [-0.25, -0.2) is 0 Å². The summed E-state index contributed by atoms with van der Waals surface area (Å²) in [5.74, 6) is 0.649. The molecule has 0 atom stereocenters. The fourth-order valence-electron chi connectivity index (χ4n) is 1.88. The van der Waals surface area contributed by atoms with Crippen LogP contribution in [0.15, 0.2) is 4.42 Å². The molecule has 0 radical (unpaired) electrons. The Bertz CT molecular complexity index is 381. The number of hydrogen-bond donors (Lipinski definition) is 1. The van der Waals surface area contributed by atoms with E-state index in [2.05, 4.69) is 62.0 Å². The maximum Gasteiger partial charge on any atom is 0.318 e. The highest BCUT2D eigenvalue weighted by Gasteiger charge is 2.18. The molecule has 1 N–H and O–H groups in total. The van der Waals surface area contributed by atoms with Crippen molar-refractivity contribution < 1.29 is 4.42 Å². The van der Waals surface area contributed by atoms with Gasteiger partial charge in [-0.3, -0.25) is 0 Å². The molecule has 0 amide bonds. The minimum absolute atomic E-state index is 0.0491. The van der Waals surface area contributed by atoms with Gasteiger partial charge < -0.3 is 14.6 Å². The number of hydrogen-bond acceptors (Lipinski definition) is 5. The zero-order valence-electron chi connectivity index (χ0n) is 13.9. The second-order valence-electron chi connectivity index (χ2n) is 6.58. The Morgan fingerprint density at radius 1 is 1.20 bits per heavy atom. The fourth-order valence-corrected chi connectivity index (χ4v) is 1.88. The highest BCUT2D eigenvalue weighted by Crippen LogP contribution is 2.17. The van der Waals surface area contributed by atoms with E-state index >= 15 is 0 Å². The molecule has 0 aromatic carbocycles. The van der Waals surface area contributed by atoms with E-state index in [0.717, 1.165) is 13.0 Å². The summed E-state index contributed by atoms with van der Waals surface area (Å²) in [7, 11) is 0. The van der Waals surface area contributed by atoms with E-state index < -0.39 is 0 Å². The smallest absolute Gasteiger partial charge is 0.318 e. The molecule has 0 aliphatic heterocycles. The third kappa shape index (κ3) is 5.90. The van der Waals surface area contributed by atoms with Gasteiger partial charge in [-0.1, -0.05) is 24.9 Å². The highest BCUT2D eigenvalue weighted by molar-refractivity contribution is 5.25. The zero-order valence-corrected chi connectivity index (χ0v) is 13.9. The van der Waals surface area contributed by atoms with Crippen molar-refractivity contribution in [3.63, 3.8) is 0 Å². The number of rotatable bonds is 8. The van der Waals surface area contributed by atoms with Gasteiger partial charge in [0.25, 0.3) is 0 Å². The highest BCUT2D eigenvalue weighted by atomic mass is 16.4. The molecule has 0 fully saturated rings. The summed E-state index contributed by atoms with van der Waals surface area (Å²) in [5, 5.41) is 11.7. The van der Waals surface area contributed by atoms with Crippen LogP contribution in [0, 0.1) is 0 Å². The third-order valence-corrected chi connectivity index (χ3v) is 3.10. The summed E-state index contributed by atoms with van der Waals surface area (Å²) in [6.07, 6.45) is 3.61. The molecule has 5 heteroatoms. The minimum Gasteiger partial charge on any atom is -0.407 e. The molecule has 0 bridgehead atoms. The van der Waals surface area contributed by atoms with E-state index in [1.807, 2.05) is 0 Å². The van der Waals surface area contributed by atoms with Gasteiger partial charge in [-0.2, -0.15) is 0 Å². The summed E-state index contributed by atoms with van der Waals surface area (Å²) in [6, 6.07) is 1.01. The molecular formula is C15H30N4O. The number of anilines is 1. The van der Waals surface area contributed by atoms with Gasteiger partial charge >= 0.3 is 6.01 Å². The molecule has 1 heterocycles. The van der Waals surface area contributed by atoms with E-state index in [0.29, 0.717) is 24.5 Å². The predicted octanol–water partition coefficient (Wildman–Crippen LogP) is 3.36. The van der Waals surface area contributed by atoms with Crippen LogP contribution in [0.4, 0.5) is 6.01 Å². The monoisotopic (exact) mass is 282 g/mol. The van der Waals surface area contributed by atoms with Crippen LogP contribution >= 0.6 is 0 Å². The molecule has 0 spiro atoms. The van der Waals surface area contributed by atoms with Crippen molar-refractivity contribution in [2.45, 2.75) is 78.9 Å². The van der Waals surface area contributed by atoms with Crippen LogP contribution in [0.25, 0.3) is 0 Å². The lowest BCUT2D eigenvalue weighted by molar-refractivity contribution is 0.378. The van der Waals surface area contributed by atoms with Crippen LogP contribution in [0.5, 0.6) is 0 Å². The summed E-state index contributed by atoms with van der Waals surface area (Å²) >= 11 is 0. The lowest BCUT2D eigenvalue weighted by Gasteiger charge is -2.24. The Morgan fingerprint density at radius 3 is 2.45 bits per heavy atom. The molecule has 20 heavy (non-hydrogen) atoms. The van der Waals surface area contributed by atoms with Gasteiger partial charge in [-0.15, -0.1) is 5.10 Å². The molecule has 116 valence electrons. The van der Waals surface area contributed by atoms with Crippen molar-refractivity contribution in [3.05, 3.63) is 5.89 Å². The van der Waals surface area contributed by atoms with Gasteiger partial charge in [0.1, 0.15) is 0 Å². The van der Waals surface area contributed by atoms with Crippen LogP contribution in [0.2, 0.25) is 0 Å². The fraction of sp³-hybridized carbons (Fsp3) is 0.867. The number of nitrogens with one attached hydrogen (secondary N) is 1. The Morgan fingerprint density at radius 2 is 1.90 bits per heavy atom. The van der Waals surface area contributed by atoms with Crippen LogP contribution in [-0.2, 0) is 6.54 Å². The van der Waals surface area contributed by atoms with Crippen LogP contribution in [0.3, 0.4) is 0 Å². The molecular weight excluding hydrogens is 252 g/mol. The first-order chi connectivity index (χ1) is 9.33. The minimum atomic E-state index is 0.0491. The standard InChI is InChI=1S/C15H30N4O/c1-7-8-9-10-19(12(2)3)14-18-17-13(20-14)11-16-15(4,5)6/h12,16H,7-11H2,1-6H3. The van der Waals surface area contributed by atoms with Gasteiger partial charge in [-0.05, 0) is 41.0 Å². The van der Waals surface area contributed by atoms with E-state index in [9.17, 15) is 0 Å². The first-order valence-electron chi connectivity index (χ1n) is 7.67. The number of aromatic nitrogens is 2. The van der Waals surface area contributed by atoms with Gasteiger partial charge in [0.05, 0.1) is 6.54 Å². The van der Waals surface area contributed by atoms with Crippen molar-refractivity contribution in [1.82, 2.24) is 15.5 Å². The van der Waals surface area contributed by atoms with Gasteiger partial charge in [0.15, 0.2) is 0 Å². The molecule has 5 nitrogen and oxygen atoms in total. The van der Waals surface area contributed by atoms with E-state index in [1.54, 1.807) is 0 Å². The van der Waals surface area contributed by atoms with Crippen molar-refractivity contribution >= 4 is 6.01 Å². The van der Waals surface area contributed by atoms with E-state index in [1.165, 1.54) is 12.8 Å². The second-order valence-corrected chi connectivity index (χ2v) is 6.58. The third-order valence-electron chi connectivity index (χ3n) is 3.10. The van der Waals surface area contributed by atoms with Gasteiger partial charge in [0, 0.05) is 18.1 Å². The van der Waals surface area contributed by atoms with E-state index in [-0.39, 0.29) is 5.54 Å². The lowest BCUT2D eigenvalue weighted by Crippen LogP contribution is -2.35. The lowest BCUT2D eigenvalue weighted by atomic mass is 10.1. The number of nitrogens with zero attached hydrogens (tertiary/aromatic N) is 3. The van der Waals surface area contributed by atoms with E-state index in [4.69, 9.17) is 4.42 Å². The normalized spacial score (nSPS) is 12.2. The predicted molar refractivity (Wildman–Crippen MR) is 82.9 cm³/mol. The first kappa shape index (κ1) is 17.0. The first-order valence-corrected chi connectivity index (χ1v) is 7.67. The summed E-state index contributed by atoms with van der Waals surface area (Å²) in [4.78, 5) is 2.18. The van der Waals surface area contributed by atoms with Crippen LogP contribution < -0.4 is 10.2 Å². The summed E-state index contributed by atoms with van der Waals surface area (Å²) in [5.41, 5.74) is 0.0491. The molecule has 1 aromatic heterocycles. The number of unbranched alkanes of at least 4 members (excludes halogenated alkanes) is 2. The summed E-state index contributed by atoms with van der Waals surface area (Å²) in [6.45, 7) is 14.5. The Kier molecular flexibility index (Phi) is 6.46. The average Bonchev–Trinajstić information content (AvgIpc) is 2.79. The van der Waals surface area contributed by atoms with Crippen LogP contribution in [0.1, 0.15) is 66.7 Å². The average molecular weight is 282 g/mol. The van der Waals surface area contributed by atoms with Crippen molar-refractivity contribution in [2.75, 3.05) is 11.4 Å². The van der Waals surface area contributed by atoms with Gasteiger partial charge in [0.2, 0.25) is 5.89 Å². The summed E-state index contributed by atoms with van der Waals surface area (Å²) < 4.78 is 5.77. The Labute approximate surface area is 123 Å². The molecule has 0 saturated carbocycles. The Hall–Kier alpha value is -1.10. The molecule has 0 aliphatic rings. The molecule has 0 aliphatic carbocycles. The molecule has 0 saturated heterocycles. The van der Waals surface area contributed by atoms with Crippen molar-refractivity contribution in [1.29, 1.82) is 0 Å². The maximum atomic E-state index is 5.77.